The third-order valence-corrected chi connectivity index (χ3v) is 5.88. The Labute approximate surface area is 184 Å². The average Bonchev–Trinajstić information content (AvgIpc) is 3.54. The quantitative estimate of drug-likeness (QED) is 0.459. The first-order valence-corrected chi connectivity index (χ1v) is 10.6. The molecular formula is C23H23N7O2. The van der Waals surface area contributed by atoms with Crippen molar-refractivity contribution in [1.29, 1.82) is 0 Å². The van der Waals surface area contributed by atoms with Crippen LogP contribution in [0.1, 0.15) is 45.1 Å². The monoisotopic (exact) mass is 429 g/mol. The molecule has 5 rings (SSSR count). The van der Waals surface area contributed by atoms with Gasteiger partial charge in [0, 0.05) is 47.2 Å². The summed E-state index contributed by atoms with van der Waals surface area (Å²) in [5, 5.41) is 10.6. The van der Waals surface area contributed by atoms with E-state index in [1.54, 1.807) is 18.5 Å². The molecule has 0 atom stereocenters. The van der Waals surface area contributed by atoms with E-state index in [-0.39, 0.29) is 11.8 Å². The number of anilines is 1. The molecule has 0 aromatic carbocycles. The van der Waals surface area contributed by atoms with Crippen molar-refractivity contribution < 1.29 is 9.59 Å². The molecule has 0 radical (unpaired) electrons. The number of hydrogen-bond donors (Lipinski definition) is 3. The first-order chi connectivity index (χ1) is 15.5. The Morgan fingerprint density at radius 1 is 1.09 bits per heavy atom. The van der Waals surface area contributed by atoms with Crippen molar-refractivity contribution in [2.75, 3.05) is 18.4 Å². The lowest BCUT2D eigenvalue weighted by Gasteiger charge is -2.14. The van der Waals surface area contributed by atoms with Crippen molar-refractivity contribution in [1.82, 2.24) is 30.0 Å². The SMILES string of the molecule is Cc1[nH]nc(C(=O)Nc2cnc3[nH]c(-c4ccnc(C(=O)N5CCCC5)c4)cc3c2)c1C. The number of nitrogens with zero attached hydrogens (tertiary/aromatic N) is 4. The van der Waals surface area contributed by atoms with Gasteiger partial charge in [0.2, 0.25) is 0 Å². The molecule has 0 spiro atoms. The number of fused-ring (bicyclic) bond motifs is 1. The van der Waals surface area contributed by atoms with Gasteiger partial charge in [-0.3, -0.25) is 19.7 Å². The molecule has 9 nitrogen and oxygen atoms in total. The van der Waals surface area contributed by atoms with Gasteiger partial charge in [-0.05, 0) is 51.0 Å². The second kappa shape index (κ2) is 7.92. The predicted octanol–water partition coefficient (Wildman–Crippen LogP) is 3.45. The van der Waals surface area contributed by atoms with Crippen LogP contribution in [-0.2, 0) is 0 Å². The highest BCUT2D eigenvalue weighted by Gasteiger charge is 2.21. The summed E-state index contributed by atoms with van der Waals surface area (Å²) in [5.74, 6) is -0.324. The molecule has 32 heavy (non-hydrogen) atoms. The van der Waals surface area contributed by atoms with Crippen molar-refractivity contribution in [2.45, 2.75) is 26.7 Å². The van der Waals surface area contributed by atoms with E-state index in [4.69, 9.17) is 0 Å². The Bertz CT molecular complexity index is 1330. The van der Waals surface area contributed by atoms with Gasteiger partial charge < -0.3 is 15.2 Å². The van der Waals surface area contributed by atoms with Crippen molar-refractivity contribution in [2.24, 2.45) is 0 Å². The molecule has 9 heteroatoms. The first kappa shape index (κ1) is 19.9. The van der Waals surface area contributed by atoms with Gasteiger partial charge in [0.25, 0.3) is 11.8 Å². The number of rotatable bonds is 4. The van der Waals surface area contributed by atoms with E-state index in [2.05, 4.69) is 30.5 Å². The van der Waals surface area contributed by atoms with Gasteiger partial charge in [-0.25, -0.2) is 4.98 Å². The van der Waals surface area contributed by atoms with Crippen LogP contribution in [-0.4, -0.2) is 55.0 Å². The number of pyridine rings is 2. The van der Waals surface area contributed by atoms with E-state index in [9.17, 15) is 9.59 Å². The standard InChI is InChI=1S/C23H23N7O2/c1-13-14(2)28-29-20(13)22(31)26-17-9-16-11-18(27-21(16)25-12-17)15-5-6-24-19(10-15)23(32)30-7-3-4-8-30/h5-6,9-12H,3-4,7-8H2,1-2H3,(H,25,27)(H,26,31)(H,28,29). The van der Waals surface area contributed by atoms with Gasteiger partial charge in [0.05, 0.1) is 11.9 Å². The highest BCUT2D eigenvalue weighted by Crippen LogP contribution is 2.26. The molecule has 0 bridgehead atoms. The lowest BCUT2D eigenvalue weighted by Crippen LogP contribution is -2.28. The zero-order chi connectivity index (χ0) is 22.2. The van der Waals surface area contributed by atoms with Crippen LogP contribution in [0.5, 0.6) is 0 Å². The third-order valence-electron chi connectivity index (χ3n) is 5.88. The second-order valence-corrected chi connectivity index (χ2v) is 8.05. The normalized spacial score (nSPS) is 13.6. The Hall–Kier alpha value is -4.01. The van der Waals surface area contributed by atoms with Crippen LogP contribution in [0.4, 0.5) is 5.69 Å². The van der Waals surface area contributed by atoms with Crippen molar-refractivity contribution >= 4 is 28.5 Å². The van der Waals surface area contributed by atoms with E-state index in [0.29, 0.717) is 22.7 Å². The smallest absolute Gasteiger partial charge is 0.276 e. The number of aromatic nitrogens is 5. The minimum atomic E-state index is -0.289. The summed E-state index contributed by atoms with van der Waals surface area (Å²) >= 11 is 0. The third kappa shape index (κ3) is 3.62. The summed E-state index contributed by atoms with van der Waals surface area (Å²) < 4.78 is 0. The van der Waals surface area contributed by atoms with Crippen LogP contribution in [0.15, 0.2) is 36.7 Å². The maximum absolute atomic E-state index is 12.7. The minimum absolute atomic E-state index is 0.0347. The molecule has 0 aliphatic carbocycles. The number of amides is 2. The molecule has 0 saturated carbocycles. The summed E-state index contributed by atoms with van der Waals surface area (Å²) in [7, 11) is 0. The lowest BCUT2D eigenvalue weighted by molar-refractivity contribution is 0.0787. The molecule has 1 fully saturated rings. The number of carbonyl (C=O) groups is 2. The van der Waals surface area contributed by atoms with Crippen LogP contribution in [0, 0.1) is 13.8 Å². The largest absolute Gasteiger partial charge is 0.339 e. The van der Waals surface area contributed by atoms with Crippen LogP contribution in [0.2, 0.25) is 0 Å². The summed E-state index contributed by atoms with van der Waals surface area (Å²) in [4.78, 5) is 39.1. The van der Waals surface area contributed by atoms with Gasteiger partial charge >= 0.3 is 0 Å². The van der Waals surface area contributed by atoms with E-state index < -0.39 is 0 Å². The predicted molar refractivity (Wildman–Crippen MR) is 120 cm³/mol. The summed E-state index contributed by atoms with van der Waals surface area (Å²) in [6, 6.07) is 7.46. The van der Waals surface area contributed by atoms with Crippen LogP contribution >= 0.6 is 0 Å². The van der Waals surface area contributed by atoms with Gasteiger partial charge in [-0.1, -0.05) is 0 Å². The summed E-state index contributed by atoms with van der Waals surface area (Å²) in [6.07, 6.45) is 5.33. The second-order valence-electron chi connectivity index (χ2n) is 8.05. The Morgan fingerprint density at radius 2 is 1.91 bits per heavy atom. The summed E-state index contributed by atoms with van der Waals surface area (Å²) in [5.41, 5.74) is 5.43. The fraction of sp³-hybridized carbons (Fsp3) is 0.261. The molecule has 3 N–H and O–H groups in total. The van der Waals surface area contributed by atoms with E-state index in [1.165, 1.54) is 0 Å². The Balaban J connectivity index is 1.39. The van der Waals surface area contributed by atoms with Crippen molar-refractivity contribution in [3.05, 3.63) is 59.3 Å². The molecule has 4 aromatic heterocycles. The van der Waals surface area contributed by atoms with Crippen LogP contribution < -0.4 is 5.32 Å². The average molecular weight is 429 g/mol. The zero-order valence-corrected chi connectivity index (χ0v) is 17.9. The van der Waals surface area contributed by atoms with Crippen molar-refractivity contribution in [3.8, 4) is 11.3 Å². The fourth-order valence-corrected chi connectivity index (χ4v) is 3.93. The molecule has 1 aliphatic rings. The number of nitrogens with one attached hydrogen (secondary N) is 3. The number of aryl methyl sites for hydroxylation is 1. The highest BCUT2D eigenvalue weighted by atomic mass is 16.2. The number of likely N-dealkylation sites (tertiary alicyclic amines) is 1. The van der Waals surface area contributed by atoms with Crippen molar-refractivity contribution in [3.63, 3.8) is 0 Å². The maximum Gasteiger partial charge on any atom is 0.276 e. The lowest BCUT2D eigenvalue weighted by atomic mass is 10.1. The topological polar surface area (TPSA) is 120 Å². The molecule has 0 unspecified atom stereocenters. The molecule has 162 valence electrons. The van der Waals surface area contributed by atoms with Crippen LogP contribution in [0.3, 0.4) is 0 Å². The van der Waals surface area contributed by atoms with E-state index >= 15 is 0 Å². The molecule has 2 amide bonds. The first-order valence-electron chi connectivity index (χ1n) is 10.6. The molecular weight excluding hydrogens is 406 g/mol. The molecule has 4 aromatic rings. The van der Waals surface area contributed by atoms with E-state index in [1.807, 2.05) is 36.9 Å². The number of carbonyl (C=O) groups excluding carboxylic acids is 2. The molecule has 5 heterocycles. The Morgan fingerprint density at radius 3 is 2.66 bits per heavy atom. The minimum Gasteiger partial charge on any atom is -0.339 e. The van der Waals surface area contributed by atoms with Gasteiger partial charge in [-0.2, -0.15) is 5.10 Å². The number of hydrogen-bond acceptors (Lipinski definition) is 5. The molecule has 1 aliphatic heterocycles. The van der Waals surface area contributed by atoms with E-state index in [0.717, 1.165) is 53.8 Å². The maximum atomic E-state index is 12.7. The Kier molecular flexibility index (Phi) is 4.93. The van der Waals surface area contributed by atoms with Gasteiger partial charge in [0.1, 0.15) is 11.3 Å². The van der Waals surface area contributed by atoms with Gasteiger partial charge in [-0.15, -0.1) is 0 Å². The molecule has 1 saturated heterocycles. The number of aromatic amines is 2. The van der Waals surface area contributed by atoms with Crippen LogP contribution in [0.25, 0.3) is 22.3 Å². The summed E-state index contributed by atoms with van der Waals surface area (Å²) in [6.45, 7) is 5.29. The van der Waals surface area contributed by atoms with Gasteiger partial charge in [0.15, 0.2) is 5.69 Å². The zero-order valence-electron chi connectivity index (χ0n) is 17.9. The fourth-order valence-electron chi connectivity index (χ4n) is 3.93. The number of H-pyrrole nitrogens is 2. The highest BCUT2D eigenvalue weighted by molar-refractivity contribution is 6.04.